The van der Waals surface area contributed by atoms with E-state index in [1.807, 2.05) is 0 Å². The molecule has 0 amide bonds. The van der Waals surface area contributed by atoms with E-state index < -0.39 is 9.84 Å². The van der Waals surface area contributed by atoms with Crippen LogP contribution < -0.4 is 5.56 Å². The molecule has 0 saturated heterocycles. The number of rotatable bonds is 1. The van der Waals surface area contributed by atoms with Gasteiger partial charge in [-0.1, -0.05) is 0 Å². The second-order valence-corrected chi connectivity index (χ2v) is 6.31. The first kappa shape index (κ1) is 11.1. The Bertz CT molecular complexity index is 768. The van der Waals surface area contributed by atoms with Gasteiger partial charge < -0.3 is 5.11 Å². The minimum atomic E-state index is -3.21. The minimum Gasteiger partial charge on any atom is -0.508 e. The van der Waals surface area contributed by atoms with Gasteiger partial charge in [0.1, 0.15) is 5.75 Å². The van der Waals surface area contributed by atoms with Gasteiger partial charge in [0.2, 0.25) is 0 Å². The van der Waals surface area contributed by atoms with Crippen LogP contribution in [0.5, 0.6) is 5.75 Å². The van der Waals surface area contributed by atoms with Crippen molar-refractivity contribution in [2.45, 2.75) is 11.5 Å². The van der Waals surface area contributed by atoms with Crippen molar-refractivity contribution < 1.29 is 13.5 Å². The molecule has 0 aliphatic carbocycles. The molecule has 1 aromatic heterocycles. The highest BCUT2D eigenvalue weighted by molar-refractivity contribution is 7.90. The Kier molecular flexibility index (Phi) is 2.15. The number of benzene rings is 1. The van der Waals surface area contributed by atoms with Crippen molar-refractivity contribution in [3.63, 3.8) is 0 Å². The molecule has 0 unspecified atom stereocenters. The van der Waals surface area contributed by atoms with E-state index in [0.717, 1.165) is 0 Å². The number of phenolic OH excluding ortho intramolecular Hbond substituents is 1. The van der Waals surface area contributed by atoms with Crippen LogP contribution in [0, 0.1) is 0 Å². The molecular formula is C11H10N2O4S. The lowest BCUT2D eigenvalue weighted by Gasteiger charge is -2.05. The van der Waals surface area contributed by atoms with E-state index in [1.54, 1.807) is 12.1 Å². The number of nitrogens with one attached hydrogen (secondary N) is 1. The van der Waals surface area contributed by atoms with E-state index in [0.29, 0.717) is 16.9 Å². The first-order chi connectivity index (χ1) is 8.46. The zero-order chi connectivity index (χ0) is 12.9. The third kappa shape index (κ3) is 1.63. The molecule has 6 nitrogen and oxygen atoms in total. The number of sulfone groups is 1. The lowest BCUT2D eigenvalue weighted by Crippen LogP contribution is -2.11. The largest absolute Gasteiger partial charge is 0.508 e. The van der Waals surface area contributed by atoms with E-state index in [4.69, 9.17) is 0 Å². The first-order valence-corrected chi connectivity index (χ1v) is 7.11. The van der Waals surface area contributed by atoms with Crippen LogP contribution in [-0.4, -0.2) is 23.3 Å². The molecule has 0 bridgehead atoms. The predicted molar refractivity (Wildman–Crippen MR) is 64.4 cm³/mol. The van der Waals surface area contributed by atoms with Crippen LogP contribution in [0.15, 0.2) is 29.1 Å². The van der Waals surface area contributed by atoms with Crippen molar-refractivity contribution >= 4 is 9.84 Å². The van der Waals surface area contributed by atoms with Gasteiger partial charge in [-0.2, -0.15) is 0 Å². The molecule has 0 spiro atoms. The molecule has 2 heterocycles. The number of nitrogens with zero attached hydrogens (tertiary/aromatic N) is 1. The number of aromatic hydroxyl groups is 1. The first-order valence-electron chi connectivity index (χ1n) is 5.29. The van der Waals surface area contributed by atoms with E-state index in [-0.39, 0.29) is 22.8 Å². The molecule has 0 saturated carbocycles. The Hall–Kier alpha value is -2.02. The standard InChI is InChI=1S/C11H10N2O4S/c14-8-3-1-7(2-4-8)13-10-6-18(16,17)5-9(10)11(15)12-13/h1-4,14H,5-6H2,(H,12,15). The Balaban J connectivity index is 2.19. The molecular weight excluding hydrogens is 256 g/mol. The van der Waals surface area contributed by atoms with Gasteiger partial charge >= 0.3 is 0 Å². The van der Waals surface area contributed by atoms with Gasteiger partial charge in [0.15, 0.2) is 9.84 Å². The molecule has 2 aromatic rings. The molecule has 0 radical (unpaired) electrons. The maximum Gasteiger partial charge on any atom is 0.268 e. The normalized spacial score (nSPS) is 16.7. The number of phenols is 1. The number of hydrogen-bond donors (Lipinski definition) is 2. The number of aromatic amines is 1. The van der Waals surface area contributed by atoms with Gasteiger partial charge in [-0.3, -0.25) is 14.6 Å². The molecule has 18 heavy (non-hydrogen) atoms. The molecule has 1 aromatic carbocycles. The Labute approximate surface area is 102 Å². The smallest absolute Gasteiger partial charge is 0.268 e. The molecule has 0 atom stereocenters. The summed E-state index contributed by atoms with van der Waals surface area (Å²) in [5, 5.41) is 11.8. The summed E-state index contributed by atoms with van der Waals surface area (Å²) in [4.78, 5) is 11.7. The highest BCUT2D eigenvalue weighted by Crippen LogP contribution is 2.24. The second-order valence-electron chi connectivity index (χ2n) is 4.25. The van der Waals surface area contributed by atoms with Crippen LogP contribution in [0.3, 0.4) is 0 Å². The predicted octanol–water partition coefficient (Wildman–Crippen LogP) is 0.300. The Morgan fingerprint density at radius 3 is 2.50 bits per heavy atom. The van der Waals surface area contributed by atoms with Crippen molar-refractivity contribution in [1.29, 1.82) is 0 Å². The fourth-order valence-corrected chi connectivity index (χ4v) is 3.66. The summed E-state index contributed by atoms with van der Waals surface area (Å²) in [6, 6.07) is 6.17. The van der Waals surface area contributed by atoms with Crippen LogP contribution in [0.2, 0.25) is 0 Å². The third-order valence-corrected chi connectivity index (χ3v) is 4.38. The molecule has 1 aliphatic heterocycles. The summed E-state index contributed by atoms with van der Waals surface area (Å²) in [5.74, 6) is -0.234. The van der Waals surface area contributed by atoms with E-state index >= 15 is 0 Å². The average molecular weight is 266 g/mol. The molecule has 0 fully saturated rings. The quantitative estimate of drug-likeness (QED) is 0.776. The van der Waals surface area contributed by atoms with Gasteiger partial charge in [0.25, 0.3) is 5.56 Å². The summed E-state index contributed by atoms with van der Waals surface area (Å²) in [7, 11) is -3.21. The van der Waals surface area contributed by atoms with Gasteiger partial charge in [-0.05, 0) is 24.3 Å². The molecule has 94 valence electrons. The van der Waals surface area contributed by atoms with Crippen LogP contribution in [0.4, 0.5) is 0 Å². The van der Waals surface area contributed by atoms with Gasteiger partial charge in [-0.25, -0.2) is 8.42 Å². The maximum absolute atomic E-state index is 11.7. The number of fused-ring (bicyclic) bond motifs is 1. The fraction of sp³-hybridized carbons (Fsp3) is 0.182. The summed E-state index contributed by atoms with van der Waals surface area (Å²) in [6.07, 6.45) is 0. The topological polar surface area (TPSA) is 92.2 Å². The second kappa shape index (κ2) is 3.49. The number of H-pyrrole nitrogens is 1. The van der Waals surface area contributed by atoms with Crippen LogP contribution in [0.25, 0.3) is 5.69 Å². The zero-order valence-corrected chi connectivity index (χ0v) is 10.1. The minimum absolute atomic E-state index is 0.109. The van der Waals surface area contributed by atoms with Crippen molar-refractivity contribution in [2.75, 3.05) is 0 Å². The molecule has 3 rings (SSSR count). The van der Waals surface area contributed by atoms with E-state index in [1.165, 1.54) is 16.8 Å². The van der Waals surface area contributed by atoms with Crippen LogP contribution in [0.1, 0.15) is 11.3 Å². The highest BCUT2D eigenvalue weighted by atomic mass is 32.2. The Morgan fingerprint density at radius 2 is 1.83 bits per heavy atom. The van der Waals surface area contributed by atoms with Gasteiger partial charge in [0, 0.05) is 0 Å². The summed E-state index contributed by atoms with van der Waals surface area (Å²) in [6.45, 7) is 0. The summed E-state index contributed by atoms with van der Waals surface area (Å²) >= 11 is 0. The zero-order valence-electron chi connectivity index (χ0n) is 9.25. The van der Waals surface area contributed by atoms with E-state index in [2.05, 4.69) is 5.10 Å². The van der Waals surface area contributed by atoms with Gasteiger partial charge in [0.05, 0.1) is 28.5 Å². The molecule has 7 heteroatoms. The SMILES string of the molecule is O=c1[nH]n(-c2ccc(O)cc2)c2c1CS(=O)(=O)C2. The third-order valence-electron chi connectivity index (χ3n) is 2.93. The average Bonchev–Trinajstić information content (AvgIpc) is 2.76. The van der Waals surface area contributed by atoms with Crippen molar-refractivity contribution in [2.24, 2.45) is 0 Å². The summed E-state index contributed by atoms with van der Waals surface area (Å²) < 4.78 is 24.5. The van der Waals surface area contributed by atoms with Crippen LogP contribution in [-0.2, 0) is 21.3 Å². The molecule has 2 N–H and O–H groups in total. The monoisotopic (exact) mass is 266 g/mol. The van der Waals surface area contributed by atoms with Crippen LogP contribution >= 0.6 is 0 Å². The highest BCUT2D eigenvalue weighted by Gasteiger charge is 2.31. The maximum atomic E-state index is 11.7. The van der Waals surface area contributed by atoms with Crippen molar-refractivity contribution in [3.8, 4) is 11.4 Å². The lowest BCUT2D eigenvalue weighted by molar-refractivity contribution is 0.475. The number of hydrogen-bond acceptors (Lipinski definition) is 4. The lowest BCUT2D eigenvalue weighted by atomic mass is 10.2. The Morgan fingerprint density at radius 1 is 1.17 bits per heavy atom. The number of aromatic nitrogens is 2. The van der Waals surface area contributed by atoms with Crippen molar-refractivity contribution in [3.05, 3.63) is 45.9 Å². The summed E-state index contributed by atoms with van der Waals surface area (Å²) in [5.41, 5.74) is 1.02. The molecule has 1 aliphatic rings. The fourth-order valence-electron chi connectivity index (χ4n) is 2.10. The van der Waals surface area contributed by atoms with E-state index in [9.17, 15) is 18.3 Å². The van der Waals surface area contributed by atoms with Gasteiger partial charge in [-0.15, -0.1) is 0 Å². The van der Waals surface area contributed by atoms with Crippen molar-refractivity contribution in [1.82, 2.24) is 9.78 Å².